The van der Waals surface area contributed by atoms with Gasteiger partial charge in [-0.2, -0.15) is 0 Å². The van der Waals surface area contributed by atoms with E-state index in [1.807, 2.05) is 54.0 Å². The fourth-order valence-corrected chi connectivity index (χ4v) is 3.20. The molecule has 1 N–H and O–H groups in total. The summed E-state index contributed by atoms with van der Waals surface area (Å²) in [5.74, 6) is 0.268. The number of imidazole rings is 1. The number of rotatable bonds is 5. The monoisotopic (exact) mass is 373 g/mol. The van der Waals surface area contributed by atoms with Crippen LogP contribution in [0.4, 0.5) is 4.39 Å². The van der Waals surface area contributed by atoms with Crippen molar-refractivity contribution in [3.8, 4) is 0 Å². The van der Waals surface area contributed by atoms with E-state index >= 15 is 0 Å². The van der Waals surface area contributed by atoms with E-state index < -0.39 is 0 Å². The molecule has 0 atom stereocenters. The van der Waals surface area contributed by atoms with Gasteiger partial charge < -0.3 is 9.88 Å². The van der Waals surface area contributed by atoms with Gasteiger partial charge in [-0.25, -0.2) is 9.37 Å². The van der Waals surface area contributed by atoms with Crippen LogP contribution in [0.2, 0.25) is 0 Å². The van der Waals surface area contributed by atoms with Crippen LogP contribution in [-0.4, -0.2) is 15.5 Å². The predicted molar refractivity (Wildman–Crippen MR) is 108 cm³/mol. The number of aromatic nitrogens is 2. The minimum Gasteiger partial charge on any atom is -0.345 e. The zero-order chi connectivity index (χ0) is 19.5. The molecule has 140 valence electrons. The maximum absolute atomic E-state index is 14.2. The molecule has 0 aliphatic carbocycles. The summed E-state index contributed by atoms with van der Waals surface area (Å²) in [4.78, 5) is 17.1. The summed E-state index contributed by atoms with van der Waals surface area (Å²) >= 11 is 0. The molecule has 3 aromatic carbocycles. The van der Waals surface area contributed by atoms with Crippen LogP contribution < -0.4 is 5.32 Å². The first kappa shape index (κ1) is 17.9. The molecule has 1 heterocycles. The lowest BCUT2D eigenvalue weighted by atomic mass is 10.1. The van der Waals surface area contributed by atoms with Gasteiger partial charge in [0.05, 0.1) is 24.1 Å². The van der Waals surface area contributed by atoms with Gasteiger partial charge in [-0.1, -0.05) is 48.0 Å². The maximum atomic E-state index is 14.2. The van der Waals surface area contributed by atoms with Crippen LogP contribution in [0.5, 0.6) is 0 Å². The average Bonchev–Trinajstić information content (AvgIpc) is 3.06. The lowest BCUT2D eigenvalue weighted by molar-refractivity contribution is 0.0949. The first-order valence-corrected chi connectivity index (χ1v) is 9.14. The molecule has 0 aliphatic rings. The summed E-state index contributed by atoms with van der Waals surface area (Å²) in [6.07, 6.45) is 0. The highest BCUT2D eigenvalue weighted by Crippen LogP contribution is 2.19. The summed E-state index contributed by atoms with van der Waals surface area (Å²) < 4.78 is 16.1. The van der Waals surface area contributed by atoms with Crippen molar-refractivity contribution in [3.63, 3.8) is 0 Å². The molecule has 0 spiro atoms. The lowest BCUT2D eigenvalue weighted by Gasteiger charge is -2.11. The smallest absolute Gasteiger partial charge is 0.251 e. The number of carbonyl (C=O) groups is 1. The molecule has 1 aromatic heterocycles. The van der Waals surface area contributed by atoms with Crippen LogP contribution in [0.25, 0.3) is 11.0 Å². The Morgan fingerprint density at radius 1 is 1.00 bits per heavy atom. The number of hydrogen-bond acceptors (Lipinski definition) is 2. The van der Waals surface area contributed by atoms with E-state index in [1.54, 1.807) is 24.3 Å². The van der Waals surface area contributed by atoms with E-state index in [-0.39, 0.29) is 18.3 Å². The molecule has 1 amide bonds. The highest BCUT2D eigenvalue weighted by atomic mass is 19.1. The molecule has 4 aromatic rings. The van der Waals surface area contributed by atoms with Crippen molar-refractivity contribution in [1.29, 1.82) is 0 Å². The largest absolute Gasteiger partial charge is 0.345 e. The molecule has 0 saturated carbocycles. The Hall–Kier alpha value is -3.47. The molecule has 0 aliphatic heterocycles. The van der Waals surface area contributed by atoms with Gasteiger partial charge in [0.15, 0.2) is 0 Å². The van der Waals surface area contributed by atoms with Gasteiger partial charge in [0.2, 0.25) is 0 Å². The van der Waals surface area contributed by atoms with Crippen molar-refractivity contribution in [2.75, 3.05) is 0 Å². The van der Waals surface area contributed by atoms with Crippen molar-refractivity contribution >= 4 is 16.9 Å². The number of aryl methyl sites for hydroxylation is 1. The van der Waals surface area contributed by atoms with E-state index in [1.165, 1.54) is 6.07 Å². The van der Waals surface area contributed by atoms with Crippen molar-refractivity contribution in [1.82, 2.24) is 14.9 Å². The van der Waals surface area contributed by atoms with Crippen molar-refractivity contribution in [2.45, 2.75) is 20.0 Å². The van der Waals surface area contributed by atoms with E-state index in [0.717, 1.165) is 16.6 Å². The summed E-state index contributed by atoms with van der Waals surface area (Å²) in [5, 5.41) is 2.92. The molecular formula is C23H20FN3O. The fraction of sp³-hybridized carbons (Fsp3) is 0.130. The van der Waals surface area contributed by atoms with Gasteiger partial charge in [0.1, 0.15) is 11.6 Å². The first-order valence-electron chi connectivity index (χ1n) is 9.14. The Bertz CT molecular complexity index is 1130. The molecule has 0 saturated heterocycles. The van der Waals surface area contributed by atoms with Crippen LogP contribution in [0, 0.1) is 12.7 Å². The summed E-state index contributed by atoms with van der Waals surface area (Å²) in [5.41, 5.74) is 4.01. The first-order chi connectivity index (χ1) is 13.6. The number of hydrogen-bond donors (Lipinski definition) is 1. The van der Waals surface area contributed by atoms with Gasteiger partial charge in [-0.3, -0.25) is 4.79 Å². The highest BCUT2D eigenvalue weighted by molar-refractivity contribution is 5.94. The minimum absolute atomic E-state index is 0.163. The van der Waals surface area contributed by atoms with Gasteiger partial charge >= 0.3 is 0 Å². The van der Waals surface area contributed by atoms with Crippen LogP contribution in [0.3, 0.4) is 0 Å². The normalized spacial score (nSPS) is 10.9. The second kappa shape index (κ2) is 7.64. The van der Waals surface area contributed by atoms with Gasteiger partial charge in [0.25, 0.3) is 5.91 Å². The molecule has 0 unspecified atom stereocenters. The number of nitrogens with zero attached hydrogens (tertiary/aromatic N) is 2. The number of nitrogens with one attached hydrogen (secondary N) is 1. The zero-order valence-electron chi connectivity index (χ0n) is 15.5. The van der Waals surface area contributed by atoms with Gasteiger partial charge in [0, 0.05) is 11.1 Å². The number of fused-ring (bicyclic) bond motifs is 1. The van der Waals surface area contributed by atoms with Crippen molar-refractivity contribution in [2.24, 2.45) is 0 Å². The molecule has 4 nitrogen and oxygen atoms in total. The lowest BCUT2D eigenvalue weighted by Crippen LogP contribution is -2.25. The average molecular weight is 373 g/mol. The third-order valence-electron chi connectivity index (χ3n) is 4.74. The second-order valence-electron chi connectivity index (χ2n) is 6.74. The van der Waals surface area contributed by atoms with Gasteiger partial charge in [-0.15, -0.1) is 0 Å². The maximum Gasteiger partial charge on any atom is 0.251 e. The summed E-state index contributed by atoms with van der Waals surface area (Å²) in [6.45, 7) is 2.59. The third-order valence-corrected chi connectivity index (χ3v) is 4.74. The van der Waals surface area contributed by atoms with E-state index in [4.69, 9.17) is 0 Å². The molecule has 5 heteroatoms. The summed E-state index contributed by atoms with van der Waals surface area (Å²) in [7, 11) is 0. The number of amides is 1. The highest BCUT2D eigenvalue weighted by Gasteiger charge is 2.14. The molecule has 0 radical (unpaired) electrons. The number of benzene rings is 3. The summed E-state index contributed by atoms with van der Waals surface area (Å²) in [6, 6.07) is 21.8. The Morgan fingerprint density at radius 3 is 2.50 bits per heavy atom. The SMILES string of the molecule is Cc1ccc(C(=O)NCc2nc3ccccc3n2Cc2ccccc2F)cc1. The number of halogens is 1. The standard InChI is InChI=1S/C23H20FN3O/c1-16-10-12-17(13-11-16)23(28)25-14-22-26-20-8-4-5-9-21(20)27(22)15-18-6-2-3-7-19(18)24/h2-13H,14-15H2,1H3,(H,25,28). The topological polar surface area (TPSA) is 46.9 Å². The van der Waals surface area contributed by atoms with Crippen LogP contribution in [0.15, 0.2) is 72.8 Å². The fourth-order valence-electron chi connectivity index (χ4n) is 3.20. The molecule has 0 fully saturated rings. The quantitative estimate of drug-likeness (QED) is 0.561. The third kappa shape index (κ3) is 3.64. The molecule has 28 heavy (non-hydrogen) atoms. The van der Waals surface area contributed by atoms with Crippen LogP contribution in [-0.2, 0) is 13.1 Å². The molecule has 0 bridgehead atoms. The van der Waals surface area contributed by atoms with Crippen molar-refractivity contribution < 1.29 is 9.18 Å². The van der Waals surface area contributed by atoms with E-state index in [2.05, 4.69) is 10.3 Å². The Balaban J connectivity index is 1.62. The van der Waals surface area contributed by atoms with E-state index in [0.29, 0.717) is 23.5 Å². The Kier molecular flexibility index (Phi) is 4.89. The minimum atomic E-state index is -0.255. The number of carbonyl (C=O) groups excluding carboxylic acids is 1. The Morgan fingerprint density at radius 2 is 1.71 bits per heavy atom. The van der Waals surface area contributed by atoms with Crippen LogP contribution >= 0.6 is 0 Å². The second-order valence-corrected chi connectivity index (χ2v) is 6.74. The van der Waals surface area contributed by atoms with E-state index in [9.17, 15) is 9.18 Å². The van der Waals surface area contributed by atoms with Crippen molar-refractivity contribution in [3.05, 3.63) is 101 Å². The Labute approximate surface area is 162 Å². The zero-order valence-corrected chi connectivity index (χ0v) is 15.5. The molecule has 4 rings (SSSR count). The van der Waals surface area contributed by atoms with Gasteiger partial charge in [-0.05, 0) is 37.3 Å². The number of para-hydroxylation sites is 2. The predicted octanol–water partition coefficient (Wildman–Crippen LogP) is 4.46. The van der Waals surface area contributed by atoms with Crippen LogP contribution in [0.1, 0.15) is 27.3 Å². The molecular weight excluding hydrogens is 353 g/mol.